The van der Waals surface area contributed by atoms with Crippen molar-refractivity contribution < 1.29 is 4.74 Å². The molecule has 2 aromatic heterocycles. The molecule has 9 nitrogen and oxygen atoms in total. The fourth-order valence-electron chi connectivity index (χ4n) is 6.69. The maximum atomic E-state index is 5.51. The van der Waals surface area contributed by atoms with Crippen molar-refractivity contribution >= 4 is 23.4 Å². The Labute approximate surface area is 175 Å². The molecule has 5 aliphatic heterocycles. The first kappa shape index (κ1) is 17.3. The molecule has 4 unspecified atom stereocenters. The maximum absolute atomic E-state index is 5.51. The Kier molecular flexibility index (Phi) is 3.64. The summed E-state index contributed by atoms with van der Waals surface area (Å²) in [4.78, 5) is 14.7. The molecule has 0 radical (unpaired) electrons. The molecule has 9 heteroatoms. The zero-order valence-corrected chi connectivity index (χ0v) is 17.2. The number of aromatic amines is 1. The average molecular weight is 409 g/mol. The predicted octanol–water partition coefficient (Wildman–Crippen LogP) is 1.73. The highest BCUT2D eigenvalue weighted by Gasteiger charge is 2.72. The number of rotatable bonds is 5. The summed E-state index contributed by atoms with van der Waals surface area (Å²) in [6.07, 6.45) is 3.93. The summed E-state index contributed by atoms with van der Waals surface area (Å²) in [5.74, 6) is 5.17. The van der Waals surface area contributed by atoms with Crippen LogP contribution >= 0.6 is 0 Å². The Morgan fingerprint density at radius 1 is 1.00 bits per heavy atom. The van der Waals surface area contributed by atoms with Gasteiger partial charge in [0.25, 0.3) is 0 Å². The molecule has 5 saturated heterocycles. The fraction of sp³-hybridized carbons (Fsp3) is 0.667. The van der Waals surface area contributed by atoms with Gasteiger partial charge in [-0.1, -0.05) is 0 Å². The monoisotopic (exact) mass is 408 g/mol. The molecule has 6 bridgehead atoms. The Balaban J connectivity index is 1.14. The highest BCUT2D eigenvalue weighted by Crippen LogP contribution is 2.66. The molecule has 6 fully saturated rings. The van der Waals surface area contributed by atoms with Gasteiger partial charge in [0.2, 0.25) is 5.95 Å². The smallest absolute Gasteiger partial charge is 0.229 e. The normalized spacial score (nSPS) is 38.0. The van der Waals surface area contributed by atoms with Crippen molar-refractivity contribution in [1.82, 2.24) is 25.1 Å². The molecule has 0 spiro atoms. The van der Waals surface area contributed by atoms with Gasteiger partial charge in [0.05, 0.1) is 13.2 Å². The number of morpholine rings is 1. The Hall–Kier alpha value is -2.39. The van der Waals surface area contributed by atoms with Gasteiger partial charge in [0.1, 0.15) is 11.6 Å². The third-order valence-corrected chi connectivity index (χ3v) is 7.91. The van der Waals surface area contributed by atoms with Crippen molar-refractivity contribution in [2.45, 2.75) is 50.4 Å². The zero-order chi connectivity index (χ0) is 19.8. The van der Waals surface area contributed by atoms with Crippen LogP contribution in [0.4, 0.5) is 23.4 Å². The van der Waals surface area contributed by atoms with E-state index in [0.717, 1.165) is 72.1 Å². The molecule has 6 aliphatic rings. The van der Waals surface area contributed by atoms with E-state index < -0.39 is 0 Å². The number of ether oxygens (including phenoxy) is 1. The summed E-state index contributed by atoms with van der Waals surface area (Å²) < 4.78 is 5.51. The van der Waals surface area contributed by atoms with Gasteiger partial charge in [-0.15, -0.1) is 0 Å². The first-order valence-electron chi connectivity index (χ1n) is 11.3. The van der Waals surface area contributed by atoms with Crippen LogP contribution in [0.25, 0.3) is 0 Å². The first-order valence-corrected chi connectivity index (χ1v) is 11.3. The molecule has 0 aromatic carbocycles. The number of aromatic nitrogens is 4. The fourth-order valence-corrected chi connectivity index (χ4v) is 6.69. The van der Waals surface area contributed by atoms with Crippen LogP contribution in [0.2, 0.25) is 0 Å². The van der Waals surface area contributed by atoms with E-state index >= 15 is 0 Å². The summed E-state index contributed by atoms with van der Waals surface area (Å²) in [6.45, 7) is 5.06. The van der Waals surface area contributed by atoms with E-state index in [-0.39, 0.29) is 0 Å². The van der Waals surface area contributed by atoms with Crippen molar-refractivity contribution in [3.63, 3.8) is 0 Å². The molecule has 30 heavy (non-hydrogen) atoms. The van der Waals surface area contributed by atoms with Crippen LogP contribution in [0.1, 0.15) is 25.0 Å². The minimum Gasteiger partial charge on any atom is -0.378 e. The quantitative estimate of drug-likeness (QED) is 0.689. The van der Waals surface area contributed by atoms with Crippen molar-refractivity contribution in [1.29, 1.82) is 0 Å². The summed E-state index contributed by atoms with van der Waals surface area (Å²) in [7, 11) is 0. The van der Waals surface area contributed by atoms with Crippen LogP contribution in [0.15, 0.2) is 12.1 Å². The minimum absolute atomic E-state index is 0.496. The van der Waals surface area contributed by atoms with Crippen LogP contribution in [0, 0.1) is 18.8 Å². The standard InChI is InChI=1S/C21H28N8O/c1-11-6-19(27-26-11)23-18-10-17(24-21(25-18)28-2-4-30-5-3-28)22-12-7-14-13-9-16-20(13)15(8-12)29(14)16/h6,10,12-16,20H,2-5,7-9H2,1H3,(H3,22,23,24,25,26,27)/t12-,13?,14+,15-,16?,20?/m1/s1. The van der Waals surface area contributed by atoms with Crippen molar-refractivity contribution in [2.75, 3.05) is 41.8 Å². The van der Waals surface area contributed by atoms with Crippen molar-refractivity contribution in [2.24, 2.45) is 11.8 Å². The maximum Gasteiger partial charge on any atom is 0.229 e. The van der Waals surface area contributed by atoms with E-state index in [4.69, 9.17) is 14.7 Å². The second kappa shape index (κ2) is 6.31. The largest absolute Gasteiger partial charge is 0.378 e. The van der Waals surface area contributed by atoms with Gasteiger partial charge in [-0.2, -0.15) is 15.1 Å². The van der Waals surface area contributed by atoms with Gasteiger partial charge in [0.15, 0.2) is 5.82 Å². The van der Waals surface area contributed by atoms with E-state index in [1.165, 1.54) is 19.3 Å². The third-order valence-electron chi connectivity index (χ3n) is 7.91. The summed E-state index contributed by atoms with van der Waals surface area (Å²) in [5.41, 5.74) is 1.02. The number of aryl methyl sites for hydroxylation is 1. The zero-order valence-electron chi connectivity index (χ0n) is 17.2. The molecule has 1 aliphatic carbocycles. The van der Waals surface area contributed by atoms with Crippen molar-refractivity contribution in [3.8, 4) is 0 Å². The minimum atomic E-state index is 0.496. The lowest BCUT2D eigenvalue weighted by molar-refractivity contribution is -0.0591. The molecular formula is C21H28N8O. The van der Waals surface area contributed by atoms with Gasteiger partial charge in [0, 0.05) is 55.1 Å². The number of H-pyrrole nitrogens is 1. The topological polar surface area (TPSA) is 94.2 Å². The van der Waals surface area contributed by atoms with Crippen LogP contribution in [-0.4, -0.2) is 75.5 Å². The molecule has 158 valence electrons. The van der Waals surface area contributed by atoms with Gasteiger partial charge < -0.3 is 20.3 Å². The Morgan fingerprint density at radius 3 is 2.60 bits per heavy atom. The summed E-state index contributed by atoms with van der Waals surface area (Å²) >= 11 is 0. The molecule has 7 heterocycles. The molecule has 3 N–H and O–H groups in total. The molecule has 0 amide bonds. The lowest BCUT2D eigenvalue weighted by Gasteiger charge is -2.56. The summed E-state index contributed by atoms with van der Waals surface area (Å²) in [6, 6.07) is 7.05. The molecule has 2 aromatic rings. The Morgan fingerprint density at radius 2 is 1.80 bits per heavy atom. The predicted molar refractivity (Wildman–Crippen MR) is 113 cm³/mol. The summed E-state index contributed by atoms with van der Waals surface area (Å²) in [5, 5.41) is 14.4. The van der Waals surface area contributed by atoms with Gasteiger partial charge in [-0.25, -0.2) is 0 Å². The highest BCUT2D eigenvalue weighted by molar-refractivity contribution is 5.59. The number of hydrogen-bond acceptors (Lipinski definition) is 8. The third kappa shape index (κ3) is 2.51. The van der Waals surface area contributed by atoms with Crippen LogP contribution in [0.3, 0.4) is 0 Å². The van der Waals surface area contributed by atoms with Crippen molar-refractivity contribution in [3.05, 3.63) is 17.8 Å². The molecule has 7 atom stereocenters. The lowest BCUT2D eigenvalue weighted by Crippen LogP contribution is -2.64. The van der Waals surface area contributed by atoms with E-state index in [2.05, 4.69) is 30.6 Å². The van der Waals surface area contributed by atoms with Crippen LogP contribution in [-0.2, 0) is 4.74 Å². The average Bonchev–Trinajstić information content (AvgIpc) is 3.43. The van der Waals surface area contributed by atoms with Crippen LogP contribution in [0.5, 0.6) is 0 Å². The van der Waals surface area contributed by atoms with E-state index in [1.807, 2.05) is 19.1 Å². The van der Waals surface area contributed by atoms with Gasteiger partial charge in [-0.3, -0.25) is 10.00 Å². The SMILES string of the molecule is Cc1cc(Nc2cc(N[C@H]3C[C@@H]4C5C6CC5N4[C@H]6C3)nc(N3CCOCC3)n2)n[nH]1. The highest BCUT2D eigenvalue weighted by atomic mass is 16.5. The first-order chi connectivity index (χ1) is 14.7. The second-order valence-electron chi connectivity index (χ2n) is 9.54. The Bertz CT molecular complexity index is 972. The molecular weight excluding hydrogens is 380 g/mol. The van der Waals surface area contributed by atoms with E-state index in [0.29, 0.717) is 19.3 Å². The van der Waals surface area contributed by atoms with Gasteiger partial charge >= 0.3 is 0 Å². The number of piperidine rings is 2. The number of nitrogens with zero attached hydrogens (tertiary/aromatic N) is 5. The van der Waals surface area contributed by atoms with Crippen LogP contribution < -0.4 is 15.5 Å². The number of anilines is 4. The lowest BCUT2D eigenvalue weighted by atomic mass is 9.64. The van der Waals surface area contributed by atoms with E-state index in [9.17, 15) is 0 Å². The molecule has 8 rings (SSSR count). The number of nitrogens with one attached hydrogen (secondary N) is 3. The van der Waals surface area contributed by atoms with E-state index in [1.54, 1.807) is 0 Å². The second-order valence-corrected chi connectivity index (χ2v) is 9.54. The number of hydrogen-bond donors (Lipinski definition) is 3. The molecule has 1 saturated carbocycles. The van der Waals surface area contributed by atoms with Gasteiger partial charge in [-0.05, 0) is 38.0 Å².